The van der Waals surface area contributed by atoms with Crippen LogP contribution in [0.5, 0.6) is 0 Å². The molecule has 0 spiro atoms. The summed E-state index contributed by atoms with van der Waals surface area (Å²) in [5, 5.41) is 0. The fraction of sp³-hybridized carbons (Fsp3) is 0.500. The van der Waals surface area contributed by atoms with E-state index in [1.165, 1.54) is 5.57 Å². The molecule has 1 nitrogen and oxygen atoms in total. The van der Waals surface area contributed by atoms with E-state index in [0.717, 1.165) is 18.5 Å². The Kier molecular flexibility index (Phi) is 3.85. The number of rotatable bonds is 3. The molecule has 0 bridgehead atoms. The molecule has 0 unspecified atom stereocenters. The van der Waals surface area contributed by atoms with E-state index >= 15 is 0 Å². The third kappa shape index (κ3) is 3.83. The van der Waals surface area contributed by atoms with Gasteiger partial charge in [0.1, 0.15) is 0 Å². The highest BCUT2D eigenvalue weighted by molar-refractivity contribution is 5.05. The Morgan fingerprint density at radius 2 is 2.11 bits per heavy atom. The minimum absolute atomic E-state index is 0.950. The normalized spacial score (nSPS) is 8.67. The van der Waals surface area contributed by atoms with Gasteiger partial charge < -0.3 is 5.73 Å². The van der Waals surface area contributed by atoms with E-state index in [0.29, 0.717) is 0 Å². The largest absolute Gasteiger partial charge is 0.402 e. The van der Waals surface area contributed by atoms with Crippen molar-refractivity contribution in [3.8, 4) is 0 Å². The predicted molar refractivity (Wildman–Crippen MR) is 42.0 cm³/mol. The first-order valence-corrected chi connectivity index (χ1v) is 3.21. The Bertz CT molecular complexity index is 119. The second-order valence-electron chi connectivity index (χ2n) is 2.35. The zero-order valence-electron chi connectivity index (χ0n) is 6.28. The lowest BCUT2D eigenvalue weighted by molar-refractivity contribution is 0.937. The highest BCUT2D eigenvalue weighted by Gasteiger charge is 1.88. The molecule has 2 N–H and O–H groups in total. The molecule has 1 heteroatoms. The summed E-state index contributed by atoms with van der Waals surface area (Å²) < 4.78 is 0. The van der Waals surface area contributed by atoms with Crippen LogP contribution in [-0.2, 0) is 0 Å². The number of hydrogen-bond acceptors (Lipinski definition) is 1. The van der Waals surface area contributed by atoms with Crippen molar-refractivity contribution >= 4 is 0 Å². The Morgan fingerprint density at radius 1 is 1.56 bits per heavy atom. The quantitative estimate of drug-likeness (QED) is 0.575. The van der Waals surface area contributed by atoms with Gasteiger partial charge in [-0.3, -0.25) is 0 Å². The maximum absolute atomic E-state index is 5.63. The van der Waals surface area contributed by atoms with Crippen molar-refractivity contribution in [2.24, 2.45) is 5.73 Å². The third-order valence-electron chi connectivity index (χ3n) is 1.26. The van der Waals surface area contributed by atoms with Gasteiger partial charge in [-0.25, -0.2) is 0 Å². The zero-order valence-corrected chi connectivity index (χ0v) is 6.28. The van der Waals surface area contributed by atoms with Crippen LogP contribution in [-0.4, -0.2) is 0 Å². The summed E-state index contributed by atoms with van der Waals surface area (Å²) in [5.74, 6) is 0. The molecule has 0 heterocycles. The van der Waals surface area contributed by atoms with E-state index in [9.17, 15) is 0 Å². The molecule has 0 saturated carbocycles. The minimum Gasteiger partial charge on any atom is -0.402 e. The zero-order chi connectivity index (χ0) is 7.28. The summed E-state index contributed by atoms with van der Waals surface area (Å²) in [6.07, 6.45) is 3.82. The van der Waals surface area contributed by atoms with Crippen molar-refractivity contribution in [3.63, 3.8) is 0 Å². The molecule has 0 aliphatic rings. The summed E-state index contributed by atoms with van der Waals surface area (Å²) >= 11 is 0. The molecule has 0 amide bonds. The molecule has 0 aliphatic carbocycles. The van der Waals surface area contributed by atoms with E-state index in [1.54, 1.807) is 0 Å². The van der Waals surface area contributed by atoms with E-state index in [1.807, 2.05) is 19.9 Å². The van der Waals surface area contributed by atoms with E-state index in [-0.39, 0.29) is 0 Å². The van der Waals surface area contributed by atoms with Crippen LogP contribution in [0.3, 0.4) is 0 Å². The van der Waals surface area contributed by atoms with Gasteiger partial charge in [-0.15, -0.1) is 6.58 Å². The lowest BCUT2D eigenvalue weighted by Crippen LogP contribution is -1.98. The molecule has 0 aliphatic heterocycles. The summed E-state index contributed by atoms with van der Waals surface area (Å²) in [6.45, 7) is 7.67. The fourth-order valence-electron chi connectivity index (χ4n) is 0.508. The van der Waals surface area contributed by atoms with Crippen molar-refractivity contribution in [1.82, 2.24) is 0 Å². The number of allylic oxidation sites excluding steroid dienone is 3. The lowest BCUT2D eigenvalue weighted by atomic mass is 10.2. The molecule has 0 aromatic heterocycles. The molecule has 0 fully saturated rings. The summed E-state index contributed by atoms with van der Waals surface area (Å²) in [7, 11) is 0. The molecule has 52 valence electrons. The number of hydrogen-bond donors (Lipinski definition) is 1. The summed E-state index contributed by atoms with van der Waals surface area (Å²) in [5.41, 5.74) is 7.85. The highest BCUT2D eigenvalue weighted by Crippen LogP contribution is 2.03. The van der Waals surface area contributed by atoms with Gasteiger partial charge in [-0.1, -0.05) is 11.6 Å². The SMILES string of the molecule is C=CCCC(N)=C(C)C. The first-order chi connectivity index (χ1) is 4.18. The Morgan fingerprint density at radius 3 is 2.44 bits per heavy atom. The standard InChI is InChI=1S/C8H15N/c1-4-5-6-8(9)7(2)3/h4H,1,5-6,9H2,2-3H3. The van der Waals surface area contributed by atoms with Gasteiger partial charge in [0.2, 0.25) is 0 Å². The van der Waals surface area contributed by atoms with Gasteiger partial charge in [0, 0.05) is 5.70 Å². The second kappa shape index (κ2) is 4.19. The van der Waals surface area contributed by atoms with Crippen LogP contribution in [0.25, 0.3) is 0 Å². The first-order valence-electron chi connectivity index (χ1n) is 3.21. The Balaban J connectivity index is 3.62. The van der Waals surface area contributed by atoms with Crippen molar-refractivity contribution in [3.05, 3.63) is 23.9 Å². The smallest absolute Gasteiger partial charge is 0.00698 e. The fourth-order valence-corrected chi connectivity index (χ4v) is 0.508. The summed E-state index contributed by atoms with van der Waals surface area (Å²) in [6, 6.07) is 0. The second-order valence-corrected chi connectivity index (χ2v) is 2.35. The molecular weight excluding hydrogens is 110 g/mol. The molecule has 0 rings (SSSR count). The molecule has 0 radical (unpaired) electrons. The molecule has 0 aromatic rings. The van der Waals surface area contributed by atoms with Crippen molar-refractivity contribution < 1.29 is 0 Å². The monoisotopic (exact) mass is 125 g/mol. The number of nitrogens with two attached hydrogens (primary N) is 1. The van der Waals surface area contributed by atoms with Crippen LogP contribution in [0.15, 0.2) is 23.9 Å². The Hall–Kier alpha value is -0.720. The van der Waals surface area contributed by atoms with E-state index < -0.39 is 0 Å². The maximum Gasteiger partial charge on any atom is 0.00698 e. The Labute approximate surface area is 57.3 Å². The van der Waals surface area contributed by atoms with Crippen LogP contribution in [0.2, 0.25) is 0 Å². The maximum atomic E-state index is 5.63. The van der Waals surface area contributed by atoms with Gasteiger partial charge in [0.25, 0.3) is 0 Å². The van der Waals surface area contributed by atoms with Crippen LogP contribution in [0.4, 0.5) is 0 Å². The average molecular weight is 125 g/mol. The van der Waals surface area contributed by atoms with Crippen molar-refractivity contribution in [1.29, 1.82) is 0 Å². The molecular formula is C8H15N. The molecule has 0 atom stereocenters. The minimum atomic E-state index is 0.950. The van der Waals surface area contributed by atoms with Gasteiger partial charge in [-0.2, -0.15) is 0 Å². The van der Waals surface area contributed by atoms with Gasteiger partial charge in [-0.05, 0) is 26.7 Å². The molecule has 0 saturated heterocycles. The molecule has 9 heavy (non-hydrogen) atoms. The van der Waals surface area contributed by atoms with Crippen LogP contribution >= 0.6 is 0 Å². The van der Waals surface area contributed by atoms with Crippen LogP contribution in [0.1, 0.15) is 26.7 Å². The topological polar surface area (TPSA) is 26.0 Å². The van der Waals surface area contributed by atoms with Gasteiger partial charge >= 0.3 is 0 Å². The van der Waals surface area contributed by atoms with Crippen molar-refractivity contribution in [2.75, 3.05) is 0 Å². The van der Waals surface area contributed by atoms with Gasteiger partial charge in [0.15, 0.2) is 0 Å². The summed E-state index contributed by atoms with van der Waals surface area (Å²) in [4.78, 5) is 0. The van der Waals surface area contributed by atoms with E-state index in [4.69, 9.17) is 5.73 Å². The van der Waals surface area contributed by atoms with Crippen LogP contribution < -0.4 is 5.73 Å². The van der Waals surface area contributed by atoms with E-state index in [2.05, 4.69) is 6.58 Å². The van der Waals surface area contributed by atoms with Crippen LogP contribution in [0, 0.1) is 0 Å². The lowest BCUT2D eigenvalue weighted by Gasteiger charge is -1.99. The highest BCUT2D eigenvalue weighted by atomic mass is 14.6. The van der Waals surface area contributed by atoms with Gasteiger partial charge in [0.05, 0.1) is 0 Å². The average Bonchev–Trinajstić information content (AvgIpc) is 1.82. The van der Waals surface area contributed by atoms with Crippen molar-refractivity contribution in [2.45, 2.75) is 26.7 Å². The first kappa shape index (κ1) is 8.28. The predicted octanol–water partition coefficient (Wildman–Crippen LogP) is 2.21. The third-order valence-corrected chi connectivity index (χ3v) is 1.26. The molecule has 0 aromatic carbocycles.